The molecule has 0 radical (unpaired) electrons. The van der Waals surface area contributed by atoms with Gasteiger partial charge in [0.15, 0.2) is 11.5 Å². The Morgan fingerprint density at radius 1 is 1.57 bits per heavy atom. The summed E-state index contributed by atoms with van der Waals surface area (Å²) in [5, 5.41) is 25.0. The van der Waals surface area contributed by atoms with Crippen molar-refractivity contribution in [2.45, 2.75) is 44.9 Å². The number of rotatable bonds is 6. The number of piperidine rings is 1. The second kappa shape index (κ2) is 7.53. The molecule has 3 N–H and O–H groups in total. The number of likely N-dealkylation sites (tertiary alicyclic amines) is 1. The summed E-state index contributed by atoms with van der Waals surface area (Å²) in [5.74, 6) is 0.300. The van der Waals surface area contributed by atoms with Crippen molar-refractivity contribution in [3.05, 3.63) is 17.5 Å². The maximum absolute atomic E-state index is 11.9. The van der Waals surface area contributed by atoms with E-state index in [1.165, 1.54) is 0 Å². The fourth-order valence-electron chi connectivity index (χ4n) is 2.33. The summed E-state index contributed by atoms with van der Waals surface area (Å²) in [5.41, 5.74) is 0.231. The Morgan fingerprint density at radius 3 is 2.90 bits per heavy atom. The molecule has 0 unspecified atom stereocenters. The molecule has 1 aromatic heterocycles. The molecule has 1 aliphatic heterocycles. The molecule has 7 heteroatoms. The van der Waals surface area contributed by atoms with Gasteiger partial charge in [0.05, 0.1) is 25.3 Å². The predicted octanol–water partition coefficient (Wildman–Crippen LogP) is 0.132. The highest BCUT2D eigenvalue weighted by atomic mass is 16.5. The number of aliphatic hydroxyl groups excluding tert-OH is 2. The van der Waals surface area contributed by atoms with Gasteiger partial charge in [-0.25, -0.2) is 0 Å². The molecule has 0 bridgehead atoms. The lowest BCUT2D eigenvalue weighted by molar-refractivity contribution is 0.0748. The van der Waals surface area contributed by atoms with Gasteiger partial charge in [-0.1, -0.05) is 12.1 Å². The van der Waals surface area contributed by atoms with Crippen LogP contribution in [0.25, 0.3) is 0 Å². The minimum absolute atomic E-state index is 0.0942. The lowest BCUT2D eigenvalue weighted by Gasteiger charge is -2.28. The molecule has 0 aromatic carbocycles. The van der Waals surface area contributed by atoms with E-state index < -0.39 is 0 Å². The first-order valence-corrected chi connectivity index (χ1v) is 7.40. The summed E-state index contributed by atoms with van der Waals surface area (Å²) >= 11 is 0. The number of hydrogen-bond donors (Lipinski definition) is 3. The van der Waals surface area contributed by atoms with Crippen LogP contribution in [0.1, 0.15) is 42.4 Å². The van der Waals surface area contributed by atoms with Crippen LogP contribution in [0, 0.1) is 0 Å². The van der Waals surface area contributed by atoms with E-state index in [9.17, 15) is 9.90 Å². The van der Waals surface area contributed by atoms with Crippen molar-refractivity contribution in [3.63, 3.8) is 0 Å². The number of aliphatic hydroxyl groups is 2. The summed E-state index contributed by atoms with van der Waals surface area (Å²) in [6.07, 6.45) is 1.97. The third kappa shape index (κ3) is 4.52. The van der Waals surface area contributed by atoms with Crippen LogP contribution in [0.4, 0.5) is 0 Å². The lowest BCUT2D eigenvalue weighted by Crippen LogP contribution is -2.37. The largest absolute Gasteiger partial charge is 0.394 e. The average Bonchev–Trinajstić information content (AvgIpc) is 2.95. The maximum atomic E-state index is 11.9. The molecular weight excluding hydrogens is 274 g/mol. The first kappa shape index (κ1) is 15.9. The third-order valence-electron chi connectivity index (χ3n) is 3.78. The Hall–Kier alpha value is -1.44. The molecule has 118 valence electrons. The van der Waals surface area contributed by atoms with Crippen molar-refractivity contribution in [1.82, 2.24) is 15.4 Å². The molecular formula is C14H23N3O4. The van der Waals surface area contributed by atoms with E-state index in [-0.39, 0.29) is 30.4 Å². The standard InChI is InChI=1S/C14H23N3O4/c1-2-10(9-18)15-14(20)13-7-12(21-16-13)8-17-5-3-11(19)4-6-17/h7,10-11,18-19H,2-6,8-9H2,1H3,(H,15,20)/t10-/m0/s1. The van der Waals surface area contributed by atoms with Crippen molar-refractivity contribution < 1.29 is 19.5 Å². The summed E-state index contributed by atoms with van der Waals surface area (Å²) in [6, 6.07) is 1.37. The minimum atomic E-state index is -0.333. The van der Waals surface area contributed by atoms with E-state index in [1.54, 1.807) is 6.07 Å². The average molecular weight is 297 g/mol. The first-order chi connectivity index (χ1) is 10.1. The molecule has 0 saturated carbocycles. The van der Waals surface area contributed by atoms with E-state index >= 15 is 0 Å². The van der Waals surface area contributed by atoms with Gasteiger partial charge in [-0.2, -0.15) is 0 Å². The van der Waals surface area contributed by atoms with Gasteiger partial charge in [-0.3, -0.25) is 9.69 Å². The van der Waals surface area contributed by atoms with Gasteiger partial charge in [0.2, 0.25) is 0 Å². The molecule has 7 nitrogen and oxygen atoms in total. The fourth-order valence-corrected chi connectivity index (χ4v) is 2.33. The van der Waals surface area contributed by atoms with E-state index in [0.29, 0.717) is 18.7 Å². The summed E-state index contributed by atoms with van der Waals surface area (Å²) < 4.78 is 5.19. The Bertz CT molecular complexity index is 451. The van der Waals surface area contributed by atoms with Crippen LogP contribution in [0.3, 0.4) is 0 Å². The highest BCUT2D eigenvalue weighted by Crippen LogP contribution is 2.14. The Kier molecular flexibility index (Phi) is 5.72. The maximum Gasteiger partial charge on any atom is 0.273 e. The highest BCUT2D eigenvalue weighted by Gasteiger charge is 2.20. The lowest BCUT2D eigenvalue weighted by atomic mass is 10.1. The van der Waals surface area contributed by atoms with E-state index in [2.05, 4.69) is 15.4 Å². The smallest absolute Gasteiger partial charge is 0.273 e. The van der Waals surface area contributed by atoms with Crippen molar-refractivity contribution in [1.29, 1.82) is 0 Å². The summed E-state index contributed by atoms with van der Waals surface area (Å²) in [6.45, 7) is 4.01. The van der Waals surface area contributed by atoms with Crippen molar-refractivity contribution in [2.24, 2.45) is 0 Å². The molecule has 21 heavy (non-hydrogen) atoms. The Morgan fingerprint density at radius 2 is 2.29 bits per heavy atom. The molecule has 1 saturated heterocycles. The van der Waals surface area contributed by atoms with Crippen LogP contribution in [-0.2, 0) is 6.54 Å². The van der Waals surface area contributed by atoms with Crippen LogP contribution < -0.4 is 5.32 Å². The van der Waals surface area contributed by atoms with Gasteiger partial charge in [0.25, 0.3) is 5.91 Å². The number of nitrogens with zero attached hydrogens (tertiary/aromatic N) is 2. The van der Waals surface area contributed by atoms with Crippen LogP contribution in [0.2, 0.25) is 0 Å². The molecule has 2 heterocycles. The topological polar surface area (TPSA) is 98.8 Å². The third-order valence-corrected chi connectivity index (χ3v) is 3.78. The summed E-state index contributed by atoms with van der Waals surface area (Å²) in [4.78, 5) is 14.1. The first-order valence-electron chi connectivity index (χ1n) is 7.40. The zero-order valence-electron chi connectivity index (χ0n) is 12.3. The molecule has 1 fully saturated rings. The quantitative estimate of drug-likeness (QED) is 0.690. The van der Waals surface area contributed by atoms with Crippen LogP contribution in [0.5, 0.6) is 0 Å². The molecule has 0 spiro atoms. The molecule has 1 aromatic rings. The minimum Gasteiger partial charge on any atom is -0.394 e. The molecule has 1 atom stereocenters. The highest BCUT2D eigenvalue weighted by molar-refractivity contribution is 5.92. The van der Waals surface area contributed by atoms with Gasteiger partial charge >= 0.3 is 0 Å². The Balaban J connectivity index is 1.87. The number of amides is 1. The summed E-state index contributed by atoms with van der Waals surface area (Å²) in [7, 11) is 0. The normalized spacial score (nSPS) is 18.6. The number of nitrogens with one attached hydrogen (secondary N) is 1. The van der Waals surface area contributed by atoms with Crippen molar-refractivity contribution in [3.8, 4) is 0 Å². The number of aromatic nitrogens is 1. The van der Waals surface area contributed by atoms with Crippen LogP contribution >= 0.6 is 0 Å². The number of carbonyl (C=O) groups excluding carboxylic acids is 1. The van der Waals surface area contributed by atoms with E-state index in [0.717, 1.165) is 25.9 Å². The van der Waals surface area contributed by atoms with Crippen molar-refractivity contribution >= 4 is 5.91 Å². The predicted molar refractivity (Wildman–Crippen MR) is 75.7 cm³/mol. The number of carbonyl (C=O) groups is 1. The van der Waals surface area contributed by atoms with Crippen LogP contribution in [-0.4, -0.2) is 58.0 Å². The number of hydrogen-bond acceptors (Lipinski definition) is 6. The van der Waals surface area contributed by atoms with E-state index in [4.69, 9.17) is 9.63 Å². The van der Waals surface area contributed by atoms with Gasteiger partial charge in [-0.15, -0.1) is 0 Å². The molecule has 2 rings (SSSR count). The molecule has 0 aliphatic carbocycles. The van der Waals surface area contributed by atoms with Gasteiger partial charge < -0.3 is 20.1 Å². The zero-order valence-corrected chi connectivity index (χ0v) is 12.3. The van der Waals surface area contributed by atoms with Gasteiger partial charge in [0.1, 0.15) is 0 Å². The van der Waals surface area contributed by atoms with E-state index in [1.807, 2.05) is 6.92 Å². The van der Waals surface area contributed by atoms with Crippen LogP contribution in [0.15, 0.2) is 10.6 Å². The molecule has 1 aliphatic rings. The van der Waals surface area contributed by atoms with Crippen molar-refractivity contribution in [2.75, 3.05) is 19.7 Å². The SMILES string of the molecule is CC[C@@H](CO)NC(=O)c1cc(CN2CCC(O)CC2)on1. The van der Waals surface area contributed by atoms with Gasteiger partial charge in [-0.05, 0) is 19.3 Å². The fraction of sp³-hybridized carbons (Fsp3) is 0.714. The Labute approximate surface area is 123 Å². The second-order valence-corrected chi connectivity index (χ2v) is 5.45. The van der Waals surface area contributed by atoms with Gasteiger partial charge in [0, 0.05) is 19.2 Å². The molecule has 1 amide bonds. The second-order valence-electron chi connectivity index (χ2n) is 5.45. The monoisotopic (exact) mass is 297 g/mol. The zero-order chi connectivity index (χ0) is 15.2.